The van der Waals surface area contributed by atoms with E-state index in [0.29, 0.717) is 36.2 Å². The summed E-state index contributed by atoms with van der Waals surface area (Å²) >= 11 is 0. The van der Waals surface area contributed by atoms with Crippen molar-refractivity contribution in [3.05, 3.63) is 160 Å². The molecule has 0 radical (unpaired) electrons. The van der Waals surface area contributed by atoms with Gasteiger partial charge in [-0.2, -0.15) is 4.72 Å². The standard InChI is InChI=1S/C52H60N4O5S/c1-34(2)40-32-39-26-27-47-51(5,28-17-29-52(47,6)50(59)55-44(30-37-20-9-7-10-21-37)48(57)53-42-24-15-13-18-35(42)3)41(39)33-46(40)62(60,61)56-45(31-38-22-11-8-12-23-38)49(58)54-43-25-16-14-19-36(43)4/h7-16,18-25,32-34,44-45,47,56H,17,26-31H2,1-6H3,(H,53,57)(H,54,58)(H,55,59)/t44-,45-,47-,51-,52-/m1/s1. The van der Waals surface area contributed by atoms with Crippen molar-refractivity contribution in [2.24, 2.45) is 11.3 Å². The summed E-state index contributed by atoms with van der Waals surface area (Å²) in [5.74, 6) is -1.16. The molecule has 2 aliphatic carbocycles. The van der Waals surface area contributed by atoms with Gasteiger partial charge >= 0.3 is 0 Å². The predicted molar refractivity (Wildman–Crippen MR) is 248 cm³/mol. The van der Waals surface area contributed by atoms with Crippen LogP contribution in [0, 0.1) is 25.2 Å². The van der Waals surface area contributed by atoms with Gasteiger partial charge in [-0.05, 0) is 120 Å². The molecule has 5 aromatic carbocycles. The third-order valence-corrected chi connectivity index (χ3v) is 15.0. The Balaban J connectivity index is 1.20. The third-order valence-electron chi connectivity index (χ3n) is 13.5. The van der Waals surface area contributed by atoms with E-state index in [1.165, 1.54) is 0 Å². The third kappa shape index (κ3) is 9.42. The summed E-state index contributed by atoms with van der Waals surface area (Å²) in [6.45, 7) is 12.0. The average Bonchev–Trinajstić information content (AvgIpc) is 3.25. The molecule has 62 heavy (non-hydrogen) atoms. The zero-order valence-electron chi connectivity index (χ0n) is 36.8. The lowest BCUT2D eigenvalue weighted by Gasteiger charge is -2.55. The molecule has 0 saturated heterocycles. The highest BCUT2D eigenvalue weighted by Gasteiger charge is 2.55. The lowest BCUT2D eigenvalue weighted by molar-refractivity contribution is -0.141. The van der Waals surface area contributed by atoms with Crippen LogP contribution in [0.3, 0.4) is 0 Å². The van der Waals surface area contributed by atoms with Gasteiger partial charge in [0.15, 0.2) is 0 Å². The zero-order chi connectivity index (χ0) is 44.2. The van der Waals surface area contributed by atoms with Crippen molar-refractivity contribution in [3.8, 4) is 0 Å². The van der Waals surface area contributed by atoms with Gasteiger partial charge in [-0.25, -0.2) is 8.42 Å². The minimum absolute atomic E-state index is 0.124. The van der Waals surface area contributed by atoms with Gasteiger partial charge in [-0.3, -0.25) is 14.4 Å². The second-order valence-corrected chi connectivity index (χ2v) is 19.9. The molecule has 0 unspecified atom stereocenters. The number of hydrogen-bond donors (Lipinski definition) is 4. The molecule has 1 saturated carbocycles. The Morgan fingerprint density at radius 2 is 1.21 bits per heavy atom. The topological polar surface area (TPSA) is 133 Å². The molecule has 0 spiro atoms. The van der Waals surface area contributed by atoms with Crippen molar-refractivity contribution in [2.75, 3.05) is 10.6 Å². The highest BCUT2D eigenvalue weighted by molar-refractivity contribution is 7.89. The van der Waals surface area contributed by atoms with Crippen molar-refractivity contribution in [1.82, 2.24) is 10.0 Å². The van der Waals surface area contributed by atoms with E-state index in [0.717, 1.165) is 52.6 Å². The quantitative estimate of drug-likeness (QED) is 0.0884. The Morgan fingerprint density at radius 3 is 1.76 bits per heavy atom. The summed E-state index contributed by atoms with van der Waals surface area (Å²) < 4.78 is 32.6. The van der Waals surface area contributed by atoms with Gasteiger partial charge in [0.05, 0.1) is 10.3 Å². The number of anilines is 2. The largest absolute Gasteiger partial charge is 0.343 e. The minimum Gasteiger partial charge on any atom is -0.343 e. The maximum absolute atomic E-state index is 14.9. The smallest absolute Gasteiger partial charge is 0.247 e. The summed E-state index contributed by atoms with van der Waals surface area (Å²) in [5, 5.41) is 9.27. The van der Waals surface area contributed by atoms with Crippen molar-refractivity contribution >= 4 is 39.1 Å². The van der Waals surface area contributed by atoms with Crippen LogP contribution in [0.5, 0.6) is 0 Å². The van der Waals surface area contributed by atoms with Crippen LogP contribution in [0.25, 0.3) is 0 Å². The monoisotopic (exact) mass is 852 g/mol. The summed E-state index contributed by atoms with van der Waals surface area (Å²) in [6.07, 6.45) is 4.07. The van der Waals surface area contributed by atoms with Gasteiger partial charge in [0.25, 0.3) is 0 Å². The molecule has 0 aromatic heterocycles. The number of nitrogens with one attached hydrogen (secondary N) is 4. The molecule has 2 aliphatic rings. The fourth-order valence-corrected chi connectivity index (χ4v) is 11.6. The van der Waals surface area contributed by atoms with Gasteiger partial charge in [-0.15, -0.1) is 0 Å². The number of fused-ring (bicyclic) bond motifs is 3. The first-order valence-corrected chi connectivity index (χ1v) is 23.4. The molecule has 0 aliphatic heterocycles. The van der Waals surface area contributed by atoms with Crippen molar-refractivity contribution in [1.29, 1.82) is 0 Å². The Kier molecular flexibility index (Phi) is 13.2. The molecule has 1 fully saturated rings. The zero-order valence-corrected chi connectivity index (χ0v) is 37.6. The first kappa shape index (κ1) is 44.5. The fraction of sp³-hybridized carbons (Fsp3) is 0.365. The lowest BCUT2D eigenvalue weighted by atomic mass is 9.49. The second-order valence-electron chi connectivity index (χ2n) is 18.2. The number of hydrogen-bond acceptors (Lipinski definition) is 5. The van der Waals surface area contributed by atoms with Crippen molar-refractivity contribution < 1.29 is 22.8 Å². The number of rotatable bonds is 14. The maximum atomic E-state index is 14.9. The molecule has 5 aromatic rings. The molecule has 7 rings (SSSR count). The average molecular weight is 853 g/mol. The van der Waals surface area contributed by atoms with Gasteiger partial charge < -0.3 is 16.0 Å². The number of amides is 3. The first-order chi connectivity index (χ1) is 29.6. The Bertz CT molecular complexity index is 2540. The van der Waals surface area contributed by atoms with E-state index in [9.17, 15) is 22.8 Å². The highest BCUT2D eigenvalue weighted by atomic mass is 32.2. The van der Waals surface area contributed by atoms with E-state index in [2.05, 4.69) is 27.6 Å². The Hall–Kier alpha value is -5.58. The molecule has 10 heteroatoms. The number of para-hydroxylation sites is 2. The molecule has 0 bridgehead atoms. The normalized spacial score (nSPS) is 20.6. The molecule has 5 atom stereocenters. The van der Waals surface area contributed by atoms with E-state index < -0.39 is 38.8 Å². The SMILES string of the molecule is Cc1ccccc1NC(=O)[C@@H](Cc1ccccc1)NC(=O)[C@]1(C)CCC[C@]2(C)c3cc(S(=O)(=O)N[C@H](Cc4ccccc4)C(=O)Nc4ccccc4C)c(C(C)C)cc3CC[C@@H]12. The van der Waals surface area contributed by atoms with Gasteiger partial charge in [0, 0.05) is 17.8 Å². The van der Waals surface area contributed by atoms with Crippen LogP contribution >= 0.6 is 0 Å². The van der Waals surface area contributed by atoms with Crippen LogP contribution in [0.2, 0.25) is 0 Å². The fourth-order valence-electron chi connectivity index (χ4n) is 10.0. The van der Waals surface area contributed by atoms with E-state index in [-0.39, 0.29) is 35.0 Å². The number of carbonyl (C=O) groups is 3. The number of carbonyl (C=O) groups excluding carboxylic acids is 3. The van der Waals surface area contributed by atoms with Crippen molar-refractivity contribution in [3.63, 3.8) is 0 Å². The van der Waals surface area contributed by atoms with Crippen LogP contribution in [0.15, 0.2) is 126 Å². The van der Waals surface area contributed by atoms with E-state index in [1.54, 1.807) is 6.07 Å². The molecule has 0 heterocycles. The number of benzene rings is 5. The molecule has 324 valence electrons. The highest BCUT2D eigenvalue weighted by Crippen LogP contribution is 2.58. The van der Waals surface area contributed by atoms with E-state index in [1.807, 2.05) is 150 Å². The molecule has 9 nitrogen and oxygen atoms in total. The van der Waals surface area contributed by atoms with E-state index in [4.69, 9.17) is 0 Å². The molecule has 3 amide bonds. The first-order valence-electron chi connectivity index (χ1n) is 21.9. The van der Waals surface area contributed by atoms with Crippen LogP contribution in [-0.4, -0.2) is 38.2 Å². The molecule has 4 N–H and O–H groups in total. The number of sulfonamides is 1. The van der Waals surface area contributed by atoms with Crippen LogP contribution in [0.4, 0.5) is 11.4 Å². The Morgan fingerprint density at radius 1 is 0.694 bits per heavy atom. The molecular weight excluding hydrogens is 793 g/mol. The summed E-state index contributed by atoms with van der Waals surface area (Å²) in [5.41, 5.74) is 6.20. The van der Waals surface area contributed by atoms with E-state index >= 15 is 0 Å². The van der Waals surface area contributed by atoms with Gasteiger partial charge in [0.1, 0.15) is 12.1 Å². The number of aryl methyl sites for hydroxylation is 3. The van der Waals surface area contributed by atoms with Gasteiger partial charge in [0.2, 0.25) is 27.7 Å². The van der Waals surface area contributed by atoms with Gasteiger partial charge in [-0.1, -0.05) is 137 Å². The summed E-state index contributed by atoms with van der Waals surface area (Å²) in [7, 11) is -4.26. The maximum Gasteiger partial charge on any atom is 0.247 e. The minimum atomic E-state index is -4.26. The molecular formula is C52H60N4O5S. The summed E-state index contributed by atoms with van der Waals surface area (Å²) in [4.78, 5) is 43.1. The second kappa shape index (κ2) is 18.4. The predicted octanol–water partition coefficient (Wildman–Crippen LogP) is 9.33. The lowest BCUT2D eigenvalue weighted by Crippen LogP contribution is -2.58. The van der Waals surface area contributed by atoms with Crippen LogP contribution in [-0.2, 0) is 49.1 Å². The Labute approximate surface area is 367 Å². The van der Waals surface area contributed by atoms with Crippen LogP contribution < -0.4 is 20.7 Å². The summed E-state index contributed by atoms with van der Waals surface area (Å²) in [6, 6.07) is 36.1. The van der Waals surface area contributed by atoms with Crippen molar-refractivity contribution in [2.45, 2.75) is 115 Å². The van der Waals surface area contributed by atoms with Crippen LogP contribution in [0.1, 0.15) is 98.2 Å².